The fourth-order valence-corrected chi connectivity index (χ4v) is 3.43. The zero-order valence-corrected chi connectivity index (χ0v) is 9.46. The van der Waals surface area contributed by atoms with E-state index in [1.165, 1.54) is 0 Å². The largest absolute Gasteiger partial charge is 0.372 e. The highest BCUT2D eigenvalue weighted by Gasteiger charge is 2.39. The third-order valence-electron chi connectivity index (χ3n) is 2.97. The van der Waals surface area contributed by atoms with Gasteiger partial charge in [-0.25, -0.2) is 8.42 Å². The molecular weight excluding hydrogens is 202 g/mol. The number of sulfonamides is 1. The van der Waals surface area contributed by atoms with Gasteiger partial charge in [-0.1, -0.05) is 0 Å². The van der Waals surface area contributed by atoms with E-state index in [1.807, 2.05) is 0 Å². The van der Waals surface area contributed by atoms with Crippen LogP contribution in [0.3, 0.4) is 0 Å². The molecule has 5 heteroatoms. The van der Waals surface area contributed by atoms with Crippen molar-refractivity contribution in [1.29, 1.82) is 0 Å². The average molecular weight is 219 g/mol. The Hall–Kier alpha value is -0.130. The molecule has 14 heavy (non-hydrogen) atoms. The van der Waals surface area contributed by atoms with Crippen LogP contribution >= 0.6 is 0 Å². The van der Waals surface area contributed by atoms with Crippen molar-refractivity contribution in [3.05, 3.63) is 0 Å². The lowest BCUT2D eigenvalue weighted by Gasteiger charge is -2.32. The molecule has 2 fully saturated rings. The molecule has 2 atom stereocenters. The minimum Gasteiger partial charge on any atom is -0.372 e. The fourth-order valence-electron chi connectivity index (χ4n) is 2.08. The number of hydrogen-bond donors (Lipinski definition) is 0. The highest BCUT2D eigenvalue weighted by Crippen LogP contribution is 2.28. The van der Waals surface area contributed by atoms with Gasteiger partial charge in [-0.15, -0.1) is 0 Å². The summed E-state index contributed by atoms with van der Waals surface area (Å²) < 4.78 is 30.9. The Morgan fingerprint density at radius 3 is 2.14 bits per heavy atom. The minimum absolute atomic E-state index is 0.141. The summed E-state index contributed by atoms with van der Waals surface area (Å²) in [5.74, 6) is 0. The van der Waals surface area contributed by atoms with Crippen molar-refractivity contribution in [3.63, 3.8) is 0 Å². The van der Waals surface area contributed by atoms with Crippen molar-refractivity contribution in [2.45, 2.75) is 44.1 Å². The molecule has 2 saturated heterocycles. The monoisotopic (exact) mass is 219 g/mol. The van der Waals surface area contributed by atoms with Crippen molar-refractivity contribution in [2.24, 2.45) is 0 Å². The molecule has 2 aliphatic heterocycles. The van der Waals surface area contributed by atoms with Crippen LogP contribution in [0.4, 0.5) is 0 Å². The van der Waals surface area contributed by atoms with Crippen LogP contribution in [0.25, 0.3) is 0 Å². The van der Waals surface area contributed by atoms with E-state index in [0.717, 1.165) is 12.8 Å². The quantitative estimate of drug-likeness (QED) is 0.683. The van der Waals surface area contributed by atoms with E-state index in [2.05, 4.69) is 0 Å². The van der Waals surface area contributed by atoms with Crippen LogP contribution in [0.1, 0.15) is 26.7 Å². The molecule has 0 amide bonds. The van der Waals surface area contributed by atoms with Crippen molar-refractivity contribution in [1.82, 2.24) is 4.31 Å². The first-order chi connectivity index (χ1) is 6.50. The molecule has 0 saturated carbocycles. The molecule has 2 rings (SSSR count). The molecule has 4 nitrogen and oxygen atoms in total. The summed E-state index contributed by atoms with van der Waals surface area (Å²) in [7, 11) is -3.07. The van der Waals surface area contributed by atoms with Crippen LogP contribution in [0.2, 0.25) is 0 Å². The summed E-state index contributed by atoms with van der Waals surface area (Å²) in [6.07, 6.45) is 2.30. The van der Waals surface area contributed by atoms with Gasteiger partial charge in [0, 0.05) is 13.1 Å². The molecule has 2 bridgehead atoms. The second-order valence-corrected chi connectivity index (χ2v) is 6.86. The summed E-state index contributed by atoms with van der Waals surface area (Å²) in [4.78, 5) is 0. The first kappa shape index (κ1) is 10.4. The fraction of sp³-hybridized carbons (Fsp3) is 1.00. The molecule has 0 aromatic rings. The summed E-state index contributed by atoms with van der Waals surface area (Å²) in [6, 6.07) is 0. The second-order valence-electron chi connectivity index (χ2n) is 4.37. The van der Waals surface area contributed by atoms with Crippen molar-refractivity contribution >= 4 is 10.0 Å². The number of hydrogen-bond acceptors (Lipinski definition) is 3. The zero-order chi connectivity index (χ0) is 10.3. The van der Waals surface area contributed by atoms with Gasteiger partial charge in [0.25, 0.3) is 0 Å². The van der Waals surface area contributed by atoms with E-state index < -0.39 is 10.0 Å². The summed E-state index contributed by atoms with van der Waals surface area (Å²) >= 11 is 0. The van der Waals surface area contributed by atoms with Gasteiger partial charge >= 0.3 is 0 Å². The molecule has 2 unspecified atom stereocenters. The van der Waals surface area contributed by atoms with E-state index in [0.29, 0.717) is 13.1 Å². The third-order valence-corrected chi connectivity index (χ3v) is 5.18. The Kier molecular flexibility index (Phi) is 2.57. The molecule has 0 spiro atoms. The number of nitrogens with zero attached hydrogens (tertiary/aromatic N) is 1. The predicted molar refractivity (Wildman–Crippen MR) is 53.5 cm³/mol. The van der Waals surface area contributed by atoms with Crippen LogP contribution in [-0.4, -0.2) is 43.3 Å². The Bertz CT molecular complexity index is 300. The van der Waals surface area contributed by atoms with Gasteiger partial charge in [0.15, 0.2) is 0 Å². The Morgan fingerprint density at radius 2 is 1.71 bits per heavy atom. The summed E-state index contributed by atoms with van der Waals surface area (Å²) in [5, 5.41) is -0.319. The Morgan fingerprint density at radius 1 is 1.21 bits per heavy atom. The molecule has 0 N–H and O–H groups in total. The number of ether oxygens (including phenoxy) is 1. The van der Waals surface area contributed by atoms with Gasteiger partial charge in [0.1, 0.15) is 0 Å². The highest BCUT2D eigenvalue weighted by atomic mass is 32.2. The maximum absolute atomic E-state index is 11.9. The molecular formula is C9H17NO3S. The molecule has 0 aliphatic carbocycles. The number of fused-ring (bicyclic) bond motifs is 2. The molecule has 2 aliphatic rings. The minimum atomic E-state index is -3.07. The number of morpholine rings is 1. The molecule has 0 radical (unpaired) electrons. The maximum Gasteiger partial charge on any atom is 0.216 e. The van der Waals surface area contributed by atoms with Crippen LogP contribution in [0.5, 0.6) is 0 Å². The maximum atomic E-state index is 11.9. The van der Waals surface area contributed by atoms with Gasteiger partial charge < -0.3 is 4.74 Å². The SMILES string of the molecule is CC(C)S(=O)(=O)N1CC2CCC(C1)O2. The summed E-state index contributed by atoms with van der Waals surface area (Å²) in [5.41, 5.74) is 0. The van der Waals surface area contributed by atoms with Crippen LogP contribution < -0.4 is 0 Å². The first-order valence-electron chi connectivity index (χ1n) is 5.14. The van der Waals surface area contributed by atoms with Crippen molar-refractivity contribution in [2.75, 3.05) is 13.1 Å². The average Bonchev–Trinajstić information content (AvgIpc) is 2.45. The van der Waals surface area contributed by atoms with E-state index in [1.54, 1.807) is 18.2 Å². The van der Waals surface area contributed by atoms with Gasteiger partial charge in [0.05, 0.1) is 17.5 Å². The lowest BCUT2D eigenvalue weighted by Crippen LogP contribution is -2.48. The van der Waals surface area contributed by atoms with Crippen LogP contribution in [0, 0.1) is 0 Å². The highest BCUT2D eigenvalue weighted by molar-refractivity contribution is 7.89. The first-order valence-corrected chi connectivity index (χ1v) is 6.65. The Labute approximate surface area is 85.3 Å². The van der Waals surface area contributed by atoms with E-state index in [-0.39, 0.29) is 17.5 Å². The van der Waals surface area contributed by atoms with E-state index >= 15 is 0 Å². The standard InChI is InChI=1S/C9H17NO3S/c1-7(2)14(11,12)10-5-8-3-4-9(6-10)13-8/h7-9H,3-6H2,1-2H3. The third kappa shape index (κ3) is 1.68. The van der Waals surface area contributed by atoms with Gasteiger partial charge in [-0.05, 0) is 26.7 Å². The molecule has 0 aromatic heterocycles. The summed E-state index contributed by atoms with van der Waals surface area (Å²) in [6.45, 7) is 4.56. The smallest absolute Gasteiger partial charge is 0.216 e. The topological polar surface area (TPSA) is 46.6 Å². The number of rotatable bonds is 2. The Balaban J connectivity index is 2.13. The van der Waals surface area contributed by atoms with Crippen LogP contribution in [-0.2, 0) is 14.8 Å². The van der Waals surface area contributed by atoms with Crippen LogP contribution in [0.15, 0.2) is 0 Å². The lowest BCUT2D eigenvalue weighted by molar-refractivity contribution is -0.0116. The lowest BCUT2D eigenvalue weighted by atomic mass is 10.2. The molecule has 0 aromatic carbocycles. The normalized spacial score (nSPS) is 33.9. The predicted octanol–water partition coefficient (Wildman–Crippen LogP) is 0.588. The van der Waals surface area contributed by atoms with Gasteiger partial charge in [-0.2, -0.15) is 4.31 Å². The van der Waals surface area contributed by atoms with Gasteiger partial charge in [-0.3, -0.25) is 0 Å². The van der Waals surface area contributed by atoms with Crippen molar-refractivity contribution < 1.29 is 13.2 Å². The second kappa shape index (κ2) is 3.47. The molecule has 82 valence electrons. The molecule has 2 heterocycles. The van der Waals surface area contributed by atoms with Gasteiger partial charge in [0.2, 0.25) is 10.0 Å². The zero-order valence-electron chi connectivity index (χ0n) is 8.64. The van der Waals surface area contributed by atoms with E-state index in [9.17, 15) is 8.42 Å². The van der Waals surface area contributed by atoms with Crippen molar-refractivity contribution in [3.8, 4) is 0 Å². The van der Waals surface area contributed by atoms with E-state index in [4.69, 9.17) is 4.74 Å².